The fourth-order valence-electron chi connectivity index (χ4n) is 2.40. The smallest absolute Gasteiger partial charge is 0.123 e. The van der Waals surface area contributed by atoms with Crippen LogP contribution in [0.4, 0.5) is 4.39 Å². The molecule has 0 aromatic heterocycles. The number of rotatable bonds is 2. The number of ether oxygens (including phenoxy) is 1. The Morgan fingerprint density at radius 2 is 2.12 bits per heavy atom. The van der Waals surface area contributed by atoms with Gasteiger partial charge in [0.15, 0.2) is 0 Å². The van der Waals surface area contributed by atoms with E-state index in [2.05, 4.69) is 13.8 Å². The lowest BCUT2D eigenvalue weighted by Gasteiger charge is -2.27. The molecule has 1 aliphatic rings. The average molecular weight is 237 g/mol. The van der Waals surface area contributed by atoms with Crippen LogP contribution in [0.2, 0.25) is 0 Å². The van der Waals surface area contributed by atoms with Crippen molar-refractivity contribution < 1.29 is 9.13 Å². The van der Waals surface area contributed by atoms with E-state index in [1.807, 2.05) is 6.92 Å². The number of nitrogens with two attached hydrogens (primary N) is 1. The summed E-state index contributed by atoms with van der Waals surface area (Å²) in [5.74, 6) is 0.510. The Balaban J connectivity index is 2.12. The zero-order chi connectivity index (χ0) is 12.6. The molecule has 1 aromatic carbocycles. The molecule has 1 aliphatic carbocycles. The van der Waals surface area contributed by atoms with Crippen molar-refractivity contribution in [3.8, 4) is 5.75 Å². The molecular weight excluding hydrogens is 217 g/mol. The van der Waals surface area contributed by atoms with E-state index in [4.69, 9.17) is 10.5 Å². The van der Waals surface area contributed by atoms with E-state index < -0.39 is 0 Å². The van der Waals surface area contributed by atoms with E-state index >= 15 is 0 Å². The van der Waals surface area contributed by atoms with Gasteiger partial charge in [0.2, 0.25) is 0 Å². The Hall–Kier alpha value is -1.09. The maximum atomic E-state index is 13.0. The molecule has 2 rings (SSSR count). The highest BCUT2D eigenvalue weighted by Gasteiger charge is 2.40. The monoisotopic (exact) mass is 237 g/mol. The van der Waals surface area contributed by atoms with Gasteiger partial charge in [0.25, 0.3) is 0 Å². The van der Waals surface area contributed by atoms with Crippen molar-refractivity contribution in [2.24, 2.45) is 11.1 Å². The van der Waals surface area contributed by atoms with Crippen molar-refractivity contribution in [1.82, 2.24) is 0 Å². The molecule has 0 amide bonds. The van der Waals surface area contributed by atoms with Gasteiger partial charge in [-0.2, -0.15) is 0 Å². The minimum atomic E-state index is -0.231. The Labute approximate surface area is 102 Å². The molecule has 2 unspecified atom stereocenters. The molecule has 0 aliphatic heterocycles. The van der Waals surface area contributed by atoms with E-state index in [-0.39, 0.29) is 23.4 Å². The van der Waals surface area contributed by atoms with Crippen LogP contribution in [0.1, 0.15) is 32.3 Å². The zero-order valence-corrected chi connectivity index (χ0v) is 10.7. The third kappa shape index (κ3) is 2.44. The highest BCUT2D eigenvalue weighted by Crippen LogP contribution is 2.38. The summed E-state index contributed by atoms with van der Waals surface area (Å²) < 4.78 is 18.9. The number of benzene rings is 1. The Morgan fingerprint density at radius 3 is 2.65 bits per heavy atom. The van der Waals surface area contributed by atoms with Crippen molar-refractivity contribution in [1.29, 1.82) is 0 Å². The summed E-state index contributed by atoms with van der Waals surface area (Å²) in [6.45, 7) is 6.18. The lowest BCUT2D eigenvalue weighted by molar-refractivity contribution is 0.163. The second-order valence-electron chi connectivity index (χ2n) is 5.62. The van der Waals surface area contributed by atoms with Gasteiger partial charge in [-0.1, -0.05) is 13.8 Å². The van der Waals surface area contributed by atoms with Crippen molar-refractivity contribution in [3.05, 3.63) is 29.6 Å². The first kappa shape index (κ1) is 12.4. The van der Waals surface area contributed by atoms with Gasteiger partial charge < -0.3 is 10.5 Å². The minimum absolute atomic E-state index is 0.0342. The minimum Gasteiger partial charge on any atom is -0.489 e. The van der Waals surface area contributed by atoms with Crippen LogP contribution in [0.3, 0.4) is 0 Å². The highest BCUT2D eigenvalue weighted by atomic mass is 19.1. The molecule has 0 radical (unpaired) electrons. The Bertz CT molecular complexity index is 417. The molecule has 1 saturated carbocycles. The van der Waals surface area contributed by atoms with Crippen LogP contribution in [-0.2, 0) is 0 Å². The van der Waals surface area contributed by atoms with Gasteiger partial charge in [0.1, 0.15) is 17.7 Å². The number of hydrogen-bond donors (Lipinski definition) is 1. The van der Waals surface area contributed by atoms with Crippen LogP contribution in [0.15, 0.2) is 18.2 Å². The van der Waals surface area contributed by atoms with E-state index in [9.17, 15) is 4.39 Å². The summed E-state index contributed by atoms with van der Waals surface area (Å²) in [6, 6.07) is 4.63. The molecule has 2 atom stereocenters. The molecular formula is C14H20FNO. The van der Waals surface area contributed by atoms with E-state index in [1.54, 1.807) is 6.07 Å². The fraction of sp³-hybridized carbons (Fsp3) is 0.571. The van der Waals surface area contributed by atoms with Gasteiger partial charge in [-0.05, 0) is 48.9 Å². The van der Waals surface area contributed by atoms with E-state index in [1.165, 1.54) is 12.1 Å². The third-order valence-electron chi connectivity index (χ3n) is 3.79. The molecule has 94 valence electrons. The van der Waals surface area contributed by atoms with Gasteiger partial charge in [-0.3, -0.25) is 0 Å². The number of halogens is 1. The quantitative estimate of drug-likeness (QED) is 0.858. The topological polar surface area (TPSA) is 35.2 Å². The molecule has 0 heterocycles. The largest absolute Gasteiger partial charge is 0.489 e. The van der Waals surface area contributed by atoms with Gasteiger partial charge in [-0.25, -0.2) is 4.39 Å². The SMILES string of the molecule is Cc1cc(F)ccc1OC1CCC(C)(C)C1N. The molecule has 1 aromatic rings. The van der Waals surface area contributed by atoms with Crippen LogP contribution >= 0.6 is 0 Å². The Morgan fingerprint density at radius 1 is 1.41 bits per heavy atom. The summed E-state index contributed by atoms with van der Waals surface area (Å²) >= 11 is 0. The average Bonchev–Trinajstić information content (AvgIpc) is 2.49. The van der Waals surface area contributed by atoms with Crippen molar-refractivity contribution >= 4 is 0 Å². The van der Waals surface area contributed by atoms with E-state index in [0.29, 0.717) is 0 Å². The van der Waals surface area contributed by atoms with Gasteiger partial charge in [0.05, 0.1) is 0 Å². The number of hydrogen-bond acceptors (Lipinski definition) is 2. The summed E-state index contributed by atoms with van der Waals surface area (Å²) in [7, 11) is 0. The molecule has 0 saturated heterocycles. The molecule has 2 N–H and O–H groups in total. The summed E-state index contributed by atoms with van der Waals surface area (Å²) in [5.41, 5.74) is 7.13. The molecule has 0 spiro atoms. The zero-order valence-electron chi connectivity index (χ0n) is 10.7. The van der Waals surface area contributed by atoms with E-state index in [0.717, 1.165) is 24.2 Å². The fourth-order valence-corrected chi connectivity index (χ4v) is 2.40. The first-order chi connectivity index (χ1) is 7.90. The van der Waals surface area contributed by atoms with Crippen molar-refractivity contribution in [3.63, 3.8) is 0 Å². The molecule has 2 nitrogen and oxygen atoms in total. The predicted octanol–water partition coefficient (Wildman–Crippen LogP) is 3.03. The lowest BCUT2D eigenvalue weighted by Crippen LogP contribution is -2.42. The molecule has 1 fully saturated rings. The summed E-state index contributed by atoms with van der Waals surface area (Å²) in [5, 5.41) is 0. The maximum Gasteiger partial charge on any atom is 0.123 e. The van der Waals surface area contributed by atoms with Crippen LogP contribution in [-0.4, -0.2) is 12.1 Å². The first-order valence-corrected chi connectivity index (χ1v) is 6.08. The van der Waals surface area contributed by atoms with Crippen LogP contribution in [0.5, 0.6) is 5.75 Å². The first-order valence-electron chi connectivity index (χ1n) is 6.08. The van der Waals surface area contributed by atoms with Crippen molar-refractivity contribution in [2.45, 2.75) is 45.8 Å². The van der Waals surface area contributed by atoms with Gasteiger partial charge in [-0.15, -0.1) is 0 Å². The van der Waals surface area contributed by atoms with Crippen LogP contribution in [0, 0.1) is 18.2 Å². The lowest BCUT2D eigenvalue weighted by atomic mass is 9.88. The predicted molar refractivity (Wildman–Crippen MR) is 66.5 cm³/mol. The molecule has 0 bridgehead atoms. The normalized spacial score (nSPS) is 27.1. The second-order valence-corrected chi connectivity index (χ2v) is 5.62. The summed E-state index contributed by atoms with van der Waals surface area (Å²) in [4.78, 5) is 0. The molecule has 3 heteroatoms. The van der Waals surface area contributed by atoms with Crippen LogP contribution in [0.25, 0.3) is 0 Å². The van der Waals surface area contributed by atoms with Crippen LogP contribution < -0.4 is 10.5 Å². The third-order valence-corrected chi connectivity index (χ3v) is 3.79. The Kier molecular flexibility index (Phi) is 3.13. The highest BCUT2D eigenvalue weighted by molar-refractivity contribution is 5.33. The standard InChI is InChI=1S/C14H20FNO/c1-9-8-10(15)4-5-11(9)17-12-6-7-14(2,3)13(12)16/h4-5,8,12-13H,6-7,16H2,1-3H3. The number of aryl methyl sites for hydroxylation is 1. The van der Waals surface area contributed by atoms with Gasteiger partial charge >= 0.3 is 0 Å². The second kappa shape index (κ2) is 4.30. The van der Waals surface area contributed by atoms with Gasteiger partial charge in [0, 0.05) is 6.04 Å². The maximum absolute atomic E-state index is 13.0. The van der Waals surface area contributed by atoms with Crippen molar-refractivity contribution in [2.75, 3.05) is 0 Å². The summed E-state index contributed by atoms with van der Waals surface area (Å²) in [6.07, 6.45) is 2.07. The molecule has 17 heavy (non-hydrogen) atoms.